The smallest absolute Gasteiger partial charge is 0.261 e. The number of halogens is 2. The molecule has 0 saturated heterocycles. The average Bonchev–Trinajstić information content (AvgIpc) is 2.76. The van der Waals surface area contributed by atoms with Crippen LogP contribution in [0, 0.1) is 11.6 Å². The van der Waals surface area contributed by atoms with Gasteiger partial charge >= 0.3 is 0 Å². The van der Waals surface area contributed by atoms with Crippen molar-refractivity contribution in [2.75, 3.05) is 11.9 Å². The molecule has 32 heavy (non-hydrogen) atoms. The van der Waals surface area contributed by atoms with Crippen LogP contribution < -0.4 is 10.1 Å². The van der Waals surface area contributed by atoms with E-state index in [2.05, 4.69) is 5.32 Å². The van der Waals surface area contributed by atoms with E-state index in [4.69, 9.17) is 4.74 Å². The summed E-state index contributed by atoms with van der Waals surface area (Å²) in [7, 11) is 0. The second-order valence-electron chi connectivity index (χ2n) is 7.35. The van der Waals surface area contributed by atoms with Crippen LogP contribution in [0.5, 0.6) is 5.75 Å². The molecule has 0 spiro atoms. The Labute approximate surface area is 185 Å². The number of amides is 2. The van der Waals surface area contributed by atoms with E-state index in [0.717, 1.165) is 23.3 Å². The van der Waals surface area contributed by atoms with E-state index in [0.29, 0.717) is 18.3 Å². The second kappa shape index (κ2) is 10.5. The molecule has 0 aliphatic carbocycles. The number of hydrogen-bond donors (Lipinski definition) is 1. The first-order valence-electron chi connectivity index (χ1n) is 10.1. The summed E-state index contributed by atoms with van der Waals surface area (Å²) in [6.45, 7) is 3.19. The van der Waals surface area contributed by atoms with E-state index in [-0.39, 0.29) is 23.6 Å². The fraction of sp³-hybridized carbons (Fsp3) is 0.200. The van der Waals surface area contributed by atoms with Gasteiger partial charge < -0.3 is 15.0 Å². The summed E-state index contributed by atoms with van der Waals surface area (Å²) in [5.41, 5.74) is 2.35. The number of nitrogens with one attached hydrogen (secondary N) is 1. The molecule has 3 rings (SSSR count). The lowest BCUT2D eigenvalue weighted by molar-refractivity contribution is -0.136. The molecular formula is C25H24F2N2O3. The number of carbonyl (C=O) groups is 2. The summed E-state index contributed by atoms with van der Waals surface area (Å²) in [6.07, 6.45) is 0. The van der Waals surface area contributed by atoms with Crippen molar-refractivity contribution in [1.29, 1.82) is 0 Å². The van der Waals surface area contributed by atoms with Crippen molar-refractivity contribution in [1.82, 2.24) is 4.90 Å². The number of rotatable bonds is 8. The Morgan fingerprint density at radius 2 is 1.75 bits per heavy atom. The van der Waals surface area contributed by atoms with Crippen molar-refractivity contribution in [3.8, 4) is 5.75 Å². The van der Waals surface area contributed by atoms with Crippen LogP contribution in [-0.2, 0) is 16.1 Å². The highest BCUT2D eigenvalue weighted by atomic mass is 19.1. The van der Waals surface area contributed by atoms with Crippen molar-refractivity contribution < 1.29 is 23.1 Å². The van der Waals surface area contributed by atoms with Gasteiger partial charge in [0.1, 0.15) is 5.82 Å². The molecule has 0 bridgehead atoms. The molecule has 0 aliphatic rings. The van der Waals surface area contributed by atoms with Gasteiger partial charge in [0.05, 0.1) is 6.04 Å². The molecule has 0 aromatic heterocycles. The molecule has 0 aliphatic heterocycles. The minimum absolute atomic E-state index is 0.193. The normalized spacial score (nSPS) is 11.5. The van der Waals surface area contributed by atoms with Crippen molar-refractivity contribution in [2.45, 2.75) is 26.4 Å². The highest BCUT2D eigenvalue weighted by Gasteiger charge is 2.23. The predicted molar refractivity (Wildman–Crippen MR) is 118 cm³/mol. The van der Waals surface area contributed by atoms with E-state index in [1.807, 2.05) is 43.3 Å². The Morgan fingerprint density at radius 3 is 2.44 bits per heavy atom. The van der Waals surface area contributed by atoms with Crippen LogP contribution in [0.2, 0.25) is 0 Å². The largest absolute Gasteiger partial charge is 0.481 e. The van der Waals surface area contributed by atoms with Crippen LogP contribution in [0.3, 0.4) is 0 Å². The van der Waals surface area contributed by atoms with Crippen molar-refractivity contribution >= 4 is 17.5 Å². The van der Waals surface area contributed by atoms with E-state index in [1.54, 1.807) is 23.1 Å². The summed E-state index contributed by atoms with van der Waals surface area (Å²) in [4.78, 5) is 26.1. The monoisotopic (exact) mass is 438 g/mol. The summed E-state index contributed by atoms with van der Waals surface area (Å²) in [6, 6.07) is 19.2. The van der Waals surface area contributed by atoms with Crippen LogP contribution >= 0.6 is 0 Å². The number of benzene rings is 3. The highest BCUT2D eigenvalue weighted by Crippen LogP contribution is 2.26. The van der Waals surface area contributed by atoms with Gasteiger partial charge in [0.15, 0.2) is 18.2 Å². The van der Waals surface area contributed by atoms with Crippen LogP contribution in [0.1, 0.15) is 31.0 Å². The van der Waals surface area contributed by atoms with E-state index >= 15 is 0 Å². The Bertz CT molecular complexity index is 1090. The molecule has 1 N–H and O–H groups in total. The molecule has 0 fully saturated rings. The number of anilines is 1. The maximum absolute atomic E-state index is 13.9. The van der Waals surface area contributed by atoms with E-state index in [1.165, 1.54) is 6.92 Å². The fourth-order valence-corrected chi connectivity index (χ4v) is 3.30. The van der Waals surface area contributed by atoms with Gasteiger partial charge in [-0.25, -0.2) is 8.78 Å². The molecule has 5 nitrogen and oxygen atoms in total. The minimum Gasteiger partial charge on any atom is -0.481 e. The third-order valence-corrected chi connectivity index (χ3v) is 4.92. The minimum atomic E-state index is -0.872. The zero-order chi connectivity index (χ0) is 23.1. The Kier molecular flexibility index (Phi) is 7.54. The number of nitrogens with zero attached hydrogens (tertiary/aromatic N) is 1. The lowest BCUT2D eigenvalue weighted by Crippen LogP contribution is -2.36. The van der Waals surface area contributed by atoms with Crippen molar-refractivity contribution in [2.24, 2.45) is 0 Å². The topological polar surface area (TPSA) is 58.6 Å². The highest BCUT2D eigenvalue weighted by molar-refractivity contribution is 5.88. The van der Waals surface area contributed by atoms with Gasteiger partial charge in [0, 0.05) is 25.2 Å². The molecule has 3 aromatic carbocycles. The van der Waals surface area contributed by atoms with Crippen LogP contribution in [-0.4, -0.2) is 23.3 Å². The SMILES string of the molecule is CC(=O)Nc1cccc(C(C)N(Cc2ccccc2)C(=O)COc2ccc(F)cc2F)c1. The lowest BCUT2D eigenvalue weighted by atomic mass is 10.0. The van der Waals surface area contributed by atoms with Gasteiger partial charge in [-0.1, -0.05) is 42.5 Å². The van der Waals surface area contributed by atoms with Crippen LogP contribution in [0.25, 0.3) is 0 Å². The van der Waals surface area contributed by atoms with Gasteiger partial charge in [-0.05, 0) is 42.3 Å². The third-order valence-electron chi connectivity index (χ3n) is 4.92. The molecule has 1 atom stereocenters. The lowest BCUT2D eigenvalue weighted by Gasteiger charge is -2.30. The first-order chi connectivity index (χ1) is 15.3. The fourth-order valence-electron chi connectivity index (χ4n) is 3.30. The van der Waals surface area contributed by atoms with Crippen LogP contribution in [0.15, 0.2) is 72.8 Å². The zero-order valence-electron chi connectivity index (χ0n) is 17.8. The molecule has 3 aromatic rings. The molecular weight excluding hydrogens is 414 g/mol. The number of ether oxygens (including phenoxy) is 1. The Balaban J connectivity index is 1.82. The van der Waals surface area contributed by atoms with E-state index in [9.17, 15) is 18.4 Å². The molecule has 0 saturated carbocycles. The van der Waals surface area contributed by atoms with E-state index < -0.39 is 18.2 Å². The standard InChI is InChI=1S/C25H24F2N2O3/c1-17(20-9-6-10-22(13-20)28-18(2)30)29(15-19-7-4-3-5-8-19)25(31)16-32-24-12-11-21(26)14-23(24)27/h3-14,17H,15-16H2,1-2H3,(H,28,30). The summed E-state index contributed by atoms with van der Waals surface area (Å²) >= 11 is 0. The molecule has 2 amide bonds. The van der Waals surface area contributed by atoms with Gasteiger partial charge in [0.2, 0.25) is 5.91 Å². The number of hydrogen-bond acceptors (Lipinski definition) is 3. The Hall–Kier alpha value is -3.74. The summed E-state index contributed by atoms with van der Waals surface area (Å²) in [5, 5.41) is 2.74. The quantitative estimate of drug-likeness (QED) is 0.533. The molecule has 1 unspecified atom stereocenters. The zero-order valence-corrected chi connectivity index (χ0v) is 17.8. The molecule has 0 radical (unpaired) electrons. The molecule has 166 valence electrons. The first kappa shape index (κ1) is 22.9. The first-order valence-corrected chi connectivity index (χ1v) is 10.1. The summed E-state index contributed by atoms with van der Waals surface area (Å²) in [5.74, 6) is -2.35. The average molecular weight is 438 g/mol. The molecule has 7 heteroatoms. The van der Waals surface area contributed by atoms with Crippen molar-refractivity contribution in [3.63, 3.8) is 0 Å². The Morgan fingerprint density at radius 1 is 1.00 bits per heavy atom. The molecule has 0 heterocycles. The van der Waals surface area contributed by atoms with Gasteiger partial charge in [-0.3, -0.25) is 9.59 Å². The second-order valence-corrected chi connectivity index (χ2v) is 7.35. The van der Waals surface area contributed by atoms with Gasteiger partial charge in [0.25, 0.3) is 5.91 Å². The summed E-state index contributed by atoms with van der Waals surface area (Å²) < 4.78 is 32.4. The maximum Gasteiger partial charge on any atom is 0.261 e. The predicted octanol–water partition coefficient (Wildman–Crippen LogP) is 5.09. The maximum atomic E-state index is 13.9. The van der Waals surface area contributed by atoms with Crippen molar-refractivity contribution in [3.05, 3.63) is 95.6 Å². The third kappa shape index (κ3) is 6.14. The van der Waals surface area contributed by atoms with Gasteiger partial charge in [-0.2, -0.15) is 0 Å². The van der Waals surface area contributed by atoms with Gasteiger partial charge in [-0.15, -0.1) is 0 Å². The van der Waals surface area contributed by atoms with Crippen LogP contribution in [0.4, 0.5) is 14.5 Å². The number of carbonyl (C=O) groups excluding carboxylic acids is 2.